The molecule has 0 saturated heterocycles. The summed E-state index contributed by atoms with van der Waals surface area (Å²) in [4.78, 5) is 21.0. The van der Waals surface area contributed by atoms with Gasteiger partial charge in [0.2, 0.25) is 0 Å². The molecule has 0 aromatic carbocycles. The topological polar surface area (TPSA) is 61.8 Å². The number of hydrogen-bond donors (Lipinski definition) is 0. The molecule has 66 valence electrons. The van der Waals surface area contributed by atoms with Crippen molar-refractivity contribution in [2.24, 2.45) is 0 Å². The summed E-state index contributed by atoms with van der Waals surface area (Å²) in [7, 11) is 1.26. The molecule has 0 spiro atoms. The summed E-state index contributed by atoms with van der Waals surface area (Å²) in [5, 5.41) is 0. The molecule has 1 aliphatic rings. The number of carbonyl (C=O) groups is 2. The summed E-state index contributed by atoms with van der Waals surface area (Å²) in [6, 6.07) is 0. The minimum absolute atomic E-state index is 0.0931. The van der Waals surface area contributed by atoms with Crippen LogP contribution in [0.4, 0.5) is 0 Å². The molecule has 0 aromatic heterocycles. The van der Waals surface area contributed by atoms with Gasteiger partial charge in [0.15, 0.2) is 6.61 Å². The van der Waals surface area contributed by atoms with Gasteiger partial charge in [0.05, 0.1) is 13.2 Å². The lowest BCUT2D eigenvalue weighted by molar-refractivity contribution is -0.144. The number of hydrogen-bond acceptors (Lipinski definition) is 5. The fourth-order valence-corrected chi connectivity index (χ4v) is 0.651. The van der Waals surface area contributed by atoms with Crippen LogP contribution in [-0.4, -0.2) is 32.3 Å². The van der Waals surface area contributed by atoms with Crippen molar-refractivity contribution in [1.82, 2.24) is 0 Å². The Hall–Kier alpha value is -1.52. The maximum Gasteiger partial charge on any atom is 0.343 e. The van der Waals surface area contributed by atoms with Gasteiger partial charge in [0, 0.05) is 0 Å². The summed E-state index contributed by atoms with van der Waals surface area (Å²) < 4.78 is 13.7. The van der Waals surface area contributed by atoms with Crippen LogP contribution in [0.25, 0.3) is 0 Å². The Bertz CT molecular complexity index is 230. The smallest absolute Gasteiger partial charge is 0.343 e. The van der Waals surface area contributed by atoms with Gasteiger partial charge in [-0.3, -0.25) is 0 Å². The molecule has 0 unspecified atom stereocenters. The molecule has 0 radical (unpaired) electrons. The van der Waals surface area contributed by atoms with E-state index >= 15 is 0 Å². The number of carbonyl (C=O) groups excluding carboxylic acids is 2. The van der Waals surface area contributed by atoms with Crippen molar-refractivity contribution in [3.8, 4) is 0 Å². The second-order valence-corrected chi connectivity index (χ2v) is 2.08. The molecule has 0 N–H and O–H groups in total. The van der Waals surface area contributed by atoms with E-state index in [-0.39, 0.29) is 13.2 Å². The molecule has 0 aliphatic carbocycles. The quantitative estimate of drug-likeness (QED) is 0.543. The minimum atomic E-state index is -0.491. The minimum Gasteiger partial charge on any atom is -0.482 e. The van der Waals surface area contributed by atoms with Crippen LogP contribution in [0.15, 0.2) is 11.8 Å². The van der Waals surface area contributed by atoms with E-state index in [9.17, 15) is 9.59 Å². The molecule has 5 heteroatoms. The lowest BCUT2D eigenvalue weighted by Crippen LogP contribution is -2.10. The molecule has 0 aromatic rings. The van der Waals surface area contributed by atoms with Crippen LogP contribution in [0.2, 0.25) is 0 Å². The fourth-order valence-electron chi connectivity index (χ4n) is 0.651. The van der Waals surface area contributed by atoms with Crippen molar-refractivity contribution in [2.45, 2.75) is 0 Å². The van der Waals surface area contributed by atoms with Crippen LogP contribution in [0.5, 0.6) is 0 Å². The van der Waals surface area contributed by atoms with Gasteiger partial charge in [-0.1, -0.05) is 0 Å². The maximum absolute atomic E-state index is 10.5. The van der Waals surface area contributed by atoms with E-state index in [1.165, 1.54) is 13.2 Å². The second kappa shape index (κ2) is 3.75. The van der Waals surface area contributed by atoms with Gasteiger partial charge in [-0.25, -0.2) is 9.59 Å². The molecule has 0 saturated carbocycles. The van der Waals surface area contributed by atoms with Crippen LogP contribution in [-0.2, 0) is 23.8 Å². The van der Waals surface area contributed by atoms with Crippen molar-refractivity contribution < 1.29 is 23.8 Å². The van der Waals surface area contributed by atoms with Gasteiger partial charge in [0.1, 0.15) is 12.4 Å². The number of esters is 2. The summed E-state index contributed by atoms with van der Waals surface area (Å²) in [6.07, 6.45) is 1.20. The largest absolute Gasteiger partial charge is 0.482 e. The first-order valence-electron chi connectivity index (χ1n) is 3.29. The zero-order chi connectivity index (χ0) is 8.97. The molecule has 0 bridgehead atoms. The third-order valence-corrected chi connectivity index (χ3v) is 1.24. The van der Waals surface area contributed by atoms with Crippen molar-refractivity contribution >= 4 is 11.9 Å². The first-order valence-corrected chi connectivity index (χ1v) is 3.29. The first kappa shape index (κ1) is 8.58. The van der Waals surface area contributed by atoms with E-state index in [1.807, 2.05) is 0 Å². The van der Waals surface area contributed by atoms with Gasteiger partial charge in [-0.05, 0) is 0 Å². The molecule has 5 nitrogen and oxygen atoms in total. The van der Waals surface area contributed by atoms with Gasteiger partial charge in [-0.2, -0.15) is 0 Å². The summed E-state index contributed by atoms with van der Waals surface area (Å²) >= 11 is 0. The molecule has 12 heavy (non-hydrogen) atoms. The molecule has 1 heterocycles. The molecule has 0 fully saturated rings. The van der Waals surface area contributed by atoms with E-state index in [1.54, 1.807) is 0 Å². The Labute approximate surface area is 68.9 Å². The van der Waals surface area contributed by atoms with E-state index in [4.69, 9.17) is 4.74 Å². The Morgan fingerprint density at radius 2 is 2.50 bits per heavy atom. The van der Waals surface area contributed by atoms with Crippen LogP contribution in [0.1, 0.15) is 0 Å². The lowest BCUT2D eigenvalue weighted by atomic mass is 10.5. The van der Waals surface area contributed by atoms with E-state index < -0.39 is 11.9 Å². The van der Waals surface area contributed by atoms with Gasteiger partial charge >= 0.3 is 11.9 Å². The monoisotopic (exact) mass is 172 g/mol. The van der Waals surface area contributed by atoms with Gasteiger partial charge in [-0.15, -0.1) is 0 Å². The zero-order valence-corrected chi connectivity index (χ0v) is 6.53. The Morgan fingerprint density at radius 3 is 3.00 bits per heavy atom. The third-order valence-electron chi connectivity index (χ3n) is 1.24. The molecule has 1 rings (SSSR count). The Kier molecular flexibility index (Phi) is 2.68. The Balaban J connectivity index is 2.28. The van der Waals surface area contributed by atoms with E-state index in [0.29, 0.717) is 5.76 Å². The maximum atomic E-state index is 10.5. The van der Waals surface area contributed by atoms with Gasteiger partial charge < -0.3 is 14.2 Å². The summed E-state index contributed by atoms with van der Waals surface area (Å²) in [5.74, 6) is -0.587. The SMILES string of the molecule is COC(=O)COC1=CC(=O)OC1. The van der Waals surface area contributed by atoms with E-state index in [0.717, 1.165) is 0 Å². The number of cyclic esters (lactones) is 1. The number of ether oxygens (including phenoxy) is 3. The zero-order valence-electron chi connectivity index (χ0n) is 6.53. The number of methoxy groups -OCH3 is 1. The molecular weight excluding hydrogens is 164 g/mol. The van der Waals surface area contributed by atoms with Crippen molar-refractivity contribution in [3.63, 3.8) is 0 Å². The molecular formula is C7H8O5. The standard InChI is InChI=1S/C7H8O5/c1-10-7(9)4-11-5-2-6(8)12-3-5/h2H,3-4H2,1H3. The predicted octanol–water partition coefficient (Wildman–Crippen LogP) is -0.383. The van der Waals surface area contributed by atoms with E-state index in [2.05, 4.69) is 9.47 Å². The highest BCUT2D eigenvalue weighted by Crippen LogP contribution is 2.06. The average molecular weight is 172 g/mol. The predicted molar refractivity (Wildman–Crippen MR) is 37.0 cm³/mol. The fraction of sp³-hybridized carbons (Fsp3) is 0.429. The summed E-state index contributed by atoms with van der Waals surface area (Å²) in [6.45, 7) is -0.102. The highest BCUT2D eigenvalue weighted by molar-refractivity contribution is 5.84. The Morgan fingerprint density at radius 1 is 1.75 bits per heavy atom. The molecule has 0 amide bonds. The van der Waals surface area contributed by atoms with Crippen molar-refractivity contribution in [2.75, 3.05) is 20.3 Å². The average Bonchev–Trinajstić information content (AvgIpc) is 2.47. The lowest BCUT2D eigenvalue weighted by Gasteiger charge is -2.02. The third kappa shape index (κ3) is 2.26. The van der Waals surface area contributed by atoms with Gasteiger partial charge in [0.25, 0.3) is 0 Å². The second-order valence-electron chi connectivity index (χ2n) is 2.08. The normalized spacial score (nSPS) is 15.1. The highest BCUT2D eigenvalue weighted by atomic mass is 16.6. The van der Waals surface area contributed by atoms with Crippen molar-refractivity contribution in [1.29, 1.82) is 0 Å². The summed E-state index contributed by atoms with van der Waals surface area (Å²) in [5.41, 5.74) is 0. The van der Waals surface area contributed by atoms with Crippen LogP contribution < -0.4 is 0 Å². The first-order chi connectivity index (χ1) is 5.72. The van der Waals surface area contributed by atoms with Crippen LogP contribution in [0, 0.1) is 0 Å². The van der Waals surface area contributed by atoms with Crippen LogP contribution in [0.3, 0.4) is 0 Å². The molecule has 1 aliphatic heterocycles. The van der Waals surface area contributed by atoms with Crippen molar-refractivity contribution in [3.05, 3.63) is 11.8 Å². The molecule has 0 atom stereocenters. The highest BCUT2D eigenvalue weighted by Gasteiger charge is 2.14. The van der Waals surface area contributed by atoms with Crippen LogP contribution >= 0.6 is 0 Å². The number of rotatable bonds is 3.